The molecule has 0 saturated heterocycles. The van der Waals surface area contributed by atoms with Crippen molar-refractivity contribution < 1.29 is 4.79 Å². The zero-order valence-corrected chi connectivity index (χ0v) is 11.7. The minimum Gasteiger partial charge on any atom is -0.294 e. The Balaban J connectivity index is 1.92. The van der Waals surface area contributed by atoms with Crippen molar-refractivity contribution in [2.24, 2.45) is 0 Å². The summed E-state index contributed by atoms with van der Waals surface area (Å²) in [5.74, 6) is 0.0827. The number of rotatable bonds is 3. The van der Waals surface area contributed by atoms with Gasteiger partial charge in [-0.2, -0.15) is 5.10 Å². The molecule has 3 nitrogen and oxygen atoms in total. The number of aromatic nitrogens is 2. The smallest absolute Gasteiger partial charge is 0.171 e. The SMILES string of the molecule is O=C(Cc1cccc(Br)c1)c1cnn2ccccc12. The van der Waals surface area contributed by atoms with Gasteiger partial charge in [0.2, 0.25) is 0 Å². The normalized spacial score (nSPS) is 10.8. The Morgan fingerprint density at radius 2 is 2.11 bits per heavy atom. The van der Waals surface area contributed by atoms with Crippen LogP contribution in [0.4, 0.5) is 0 Å². The van der Waals surface area contributed by atoms with Gasteiger partial charge in [-0.3, -0.25) is 4.79 Å². The van der Waals surface area contributed by atoms with Gasteiger partial charge in [0.05, 0.1) is 17.3 Å². The molecule has 0 aliphatic carbocycles. The molecule has 0 fully saturated rings. The Labute approximate surface area is 119 Å². The first kappa shape index (κ1) is 12.1. The molecule has 0 unspecified atom stereocenters. The number of nitrogens with zero attached hydrogens (tertiary/aromatic N) is 2. The molecule has 0 aliphatic rings. The molecule has 0 spiro atoms. The molecule has 0 radical (unpaired) electrons. The summed E-state index contributed by atoms with van der Waals surface area (Å²) in [6, 6.07) is 13.5. The lowest BCUT2D eigenvalue weighted by Gasteiger charge is -2.01. The molecule has 0 saturated carbocycles. The Kier molecular flexibility index (Phi) is 3.17. The van der Waals surface area contributed by atoms with Crippen LogP contribution < -0.4 is 0 Å². The molecule has 94 valence electrons. The van der Waals surface area contributed by atoms with Gasteiger partial charge in [0.15, 0.2) is 5.78 Å². The van der Waals surface area contributed by atoms with Gasteiger partial charge in [0.25, 0.3) is 0 Å². The molecular formula is C15H11BrN2O. The van der Waals surface area contributed by atoms with E-state index in [0.29, 0.717) is 12.0 Å². The molecule has 3 rings (SSSR count). The second kappa shape index (κ2) is 4.97. The van der Waals surface area contributed by atoms with Gasteiger partial charge >= 0.3 is 0 Å². The van der Waals surface area contributed by atoms with E-state index in [-0.39, 0.29) is 5.78 Å². The number of hydrogen-bond acceptors (Lipinski definition) is 2. The molecule has 0 atom stereocenters. The Morgan fingerprint density at radius 3 is 2.95 bits per heavy atom. The molecule has 0 bridgehead atoms. The number of pyridine rings is 1. The number of hydrogen-bond donors (Lipinski definition) is 0. The average Bonchev–Trinajstić information content (AvgIpc) is 2.82. The highest BCUT2D eigenvalue weighted by Gasteiger charge is 2.12. The number of benzene rings is 1. The number of ketones is 1. The van der Waals surface area contributed by atoms with Gasteiger partial charge in [-0.05, 0) is 29.8 Å². The first-order chi connectivity index (χ1) is 9.24. The Morgan fingerprint density at radius 1 is 1.21 bits per heavy atom. The van der Waals surface area contributed by atoms with Gasteiger partial charge in [-0.1, -0.05) is 34.1 Å². The van der Waals surface area contributed by atoms with Crippen molar-refractivity contribution in [2.45, 2.75) is 6.42 Å². The second-order valence-corrected chi connectivity index (χ2v) is 5.23. The largest absolute Gasteiger partial charge is 0.294 e. The number of fused-ring (bicyclic) bond motifs is 1. The van der Waals surface area contributed by atoms with Crippen LogP contribution in [-0.4, -0.2) is 15.4 Å². The standard InChI is InChI=1S/C15H11BrN2O/c16-12-5-3-4-11(8-12)9-15(19)13-10-17-18-7-2-1-6-14(13)18/h1-8,10H,9H2. The van der Waals surface area contributed by atoms with Gasteiger partial charge in [-0.15, -0.1) is 0 Å². The van der Waals surface area contributed by atoms with E-state index >= 15 is 0 Å². The van der Waals surface area contributed by atoms with Crippen molar-refractivity contribution in [3.8, 4) is 0 Å². The van der Waals surface area contributed by atoms with Crippen LogP contribution in [0.25, 0.3) is 5.52 Å². The van der Waals surface area contributed by atoms with Crippen molar-refractivity contribution in [3.63, 3.8) is 0 Å². The third-order valence-electron chi connectivity index (χ3n) is 2.98. The predicted molar refractivity (Wildman–Crippen MR) is 77.4 cm³/mol. The fourth-order valence-corrected chi connectivity index (χ4v) is 2.52. The minimum atomic E-state index is 0.0827. The zero-order valence-electron chi connectivity index (χ0n) is 10.1. The van der Waals surface area contributed by atoms with Crippen molar-refractivity contribution in [1.29, 1.82) is 0 Å². The lowest BCUT2D eigenvalue weighted by Crippen LogP contribution is -2.03. The van der Waals surface area contributed by atoms with E-state index in [0.717, 1.165) is 15.6 Å². The topological polar surface area (TPSA) is 34.4 Å². The maximum Gasteiger partial charge on any atom is 0.171 e. The molecular weight excluding hydrogens is 304 g/mol. The van der Waals surface area contributed by atoms with E-state index in [1.807, 2.05) is 48.7 Å². The van der Waals surface area contributed by atoms with Crippen molar-refractivity contribution >= 4 is 27.2 Å². The summed E-state index contributed by atoms with van der Waals surface area (Å²) in [5.41, 5.74) is 2.51. The summed E-state index contributed by atoms with van der Waals surface area (Å²) >= 11 is 3.41. The summed E-state index contributed by atoms with van der Waals surface area (Å²) in [6.45, 7) is 0. The molecule has 4 heteroatoms. The van der Waals surface area contributed by atoms with Crippen LogP contribution in [0.3, 0.4) is 0 Å². The quantitative estimate of drug-likeness (QED) is 0.693. The van der Waals surface area contributed by atoms with Crippen LogP contribution >= 0.6 is 15.9 Å². The van der Waals surface area contributed by atoms with E-state index in [2.05, 4.69) is 21.0 Å². The molecule has 2 aromatic heterocycles. The van der Waals surface area contributed by atoms with E-state index in [4.69, 9.17) is 0 Å². The maximum absolute atomic E-state index is 12.3. The molecule has 3 aromatic rings. The highest BCUT2D eigenvalue weighted by atomic mass is 79.9. The van der Waals surface area contributed by atoms with Gasteiger partial charge in [-0.25, -0.2) is 4.52 Å². The summed E-state index contributed by atoms with van der Waals surface area (Å²) in [6.07, 6.45) is 3.86. The van der Waals surface area contributed by atoms with E-state index < -0.39 is 0 Å². The third-order valence-corrected chi connectivity index (χ3v) is 3.47. The zero-order chi connectivity index (χ0) is 13.2. The third kappa shape index (κ3) is 2.44. The highest BCUT2D eigenvalue weighted by Crippen LogP contribution is 2.16. The van der Waals surface area contributed by atoms with Crippen molar-refractivity contribution in [3.05, 3.63) is 70.5 Å². The van der Waals surface area contributed by atoms with Crippen LogP contribution in [0.1, 0.15) is 15.9 Å². The van der Waals surface area contributed by atoms with E-state index in [9.17, 15) is 4.79 Å². The van der Waals surface area contributed by atoms with Crippen LogP contribution in [-0.2, 0) is 6.42 Å². The average molecular weight is 315 g/mol. The Bertz CT molecular complexity index is 748. The molecule has 19 heavy (non-hydrogen) atoms. The van der Waals surface area contributed by atoms with Crippen LogP contribution in [0.2, 0.25) is 0 Å². The molecule has 0 N–H and O–H groups in total. The van der Waals surface area contributed by atoms with Gasteiger partial charge < -0.3 is 0 Å². The summed E-state index contributed by atoms with van der Waals surface area (Å²) in [7, 11) is 0. The summed E-state index contributed by atoms with van der Waals surface area (Å²) in [4.78, 5) is 12.3. The van der Waals surface area contributed by atoms with Crippen LogP contribution in [0.15, 0.2) is 59.3 Å². The van der Waals surface area contributed by atoms with E-state index in [1.54, 1.807) is 10.7 Å². The van der Waals surface area contributed by atoms with Crippen molar-refractivity contribution in [1.82, 2.24) is 9.61 Å². The Hall–Kier alpha value is -1.94. The second-order valence-electron chi connectivity index (χ2n) is 4.32. The fourth-order valence-electron chi connectivity index (χ4n) is 2.08. The predicted octanol–water partition coefficient (Wildman–Crippen LogP) is 3.52. The number of carbonyl (C=O) groups is 1. The number of carbonyl (C=O) groups excluding carboxylic acids is 1. The molecule has 2 heterocycles. The summed E-state index contributed by atoms with van der Waals surface area (Å²) in [5, 5.41) is 4.19. The maximum atomic E-state index is 12.3. The first-order valence-electron chi connectivity index (χ1n) is 5.94. The van der Waals surface area contributed by atoms with E-state index in [1.165, 1.54) is 0 Å². The minimum absolute atomic E-state index is 0.0827. The monoisotopic (exact) mass is 314 g/mol. The molecule has 0 aliphatic heterocycles. The fraction of sp³-hybridized carbons (Fsp3) is 0.0667. The summed E-state index contributed by atoms with van der Waals surface area (Å²) < 4.78 is 2.70. The van der Waals surface area contributed by atoms with Crippen LogP contribution in [0.5, 0.6) is 0 Å². The molecule has 0 amide bonds. The highest BCUT2D eigenvalue weighted by molar-refractivity contribution is 9.10. The molecule has 1 aromatic carbocycles. The first-order valence-corrected chi connectivity index (χ1v) is 6.73. The van der Waals surface area contributed by atoms with Crippen LogP contribution in [0, 0.1) is 0 Å². The lowest BCUT2D eigenvalue weighted by atomic mass is 10.0. The van der Waals surface area contributed by atoms with Gasteiger partial charge in [0, 0.05) is 17.1 Å². The van der Waals surface area contributed by atoms with Crippen molar-refractivity contribution in [2.75, 3.05) is 0 Å². The number of Topliss-reactive ketones (excluding diaryl/α,β-unsaturated/α-hetero) is 1. The van der Waals surface area contributed by atoms with Gasteiger partial charge in [0.1, 0.15) is 0 Å². The lowest BCUT2D eigenvalue weighted by molar-refractivity contribution is 0.0994. The number of halogens is 1.